The highest BCUT2D eigenvalue weighted by Crippen LogP contribution is 2.44. The molecule has 118 valence electrons. The minimum atomic E-state index is -0.637. The summed E-state index contributed by atoms with van der Waals surface area (Å²) in [5.74, 6) is -0.519. The number of aryl methyl sites for hydroxylation is 1. The number of fused-ring (bicyclic) bond motifs is 1. The van der Waals surface area contributed by atoms with Gasteiger partial charge < -0.3 is 15.6 Å². The van der Waals surface area contributed by atoms with Crippen LogP contribution in [0, 0.1) is 17.1 Å². The molecular weight excluding hydrogens is 363 g/mol. The van der Waals surface area contributed by atoms with E-state index in [1.54, 1.807) is 12.1 Å². The quantitative estimate of drug-likeness (QED) is 0.850. The molecule has 0 bridgehead atoms. The lowest BCUT2D eigenvalue weighted by Crippen LogP contribution is -2.23. The standard InChI is InChI=1S/C16H14BrFN4O/c1-2-3-12-14-13(9-6-8(17)4-5-11(9)18)10(7-19)15(20)21-16(14)23-22-12/h4-6,13,21H,2-3,20H2,1H3/t13-/m0/s1. The summed E-state index contributed by atoms with van der Waals surface area (Å²) < 4.78 is 20.5. The van der Waals surface area contributed by atoms with E-state index in [1.165, 1.54) is 6.07 Å². The molecule has 0 saturated carbocycles. The number of nitrogens with two attached hydrogens (primary N) is 1. The molecule has 0 fully saturated rings. The monoisotopic (exact) mass is 376 g/mol. The number of rotatable bonds is 3. The average molecular weight is 377 g/mol. The van der Waals surface area contributed by atoms with Crippen LogP contribution >= 0.6 is 15.9 Å². The number of allylic oxidation sites excluding steroid dienone is 1. The van der Waals surface area contributed by atoms with Crippen LogP contribution in [0.15, 0.2) is 38.6 Å². The lowest BCUT2D eigenvalue weighted by atomic mass is 9.82. The zero-order valence-electron chi connectivity index (χ0n) is 12.4. The first-order valence-electron chi connectivity index (χ1n) is 7.17. The Bertz CT molecular complexity index is 837. The van der Waals surface area contributed by atoms with Crippen LogP contribution in [-0.2, 0) is 6.42 Å². The van der Waals surface area contributed by atoms with Gasteiger partial charge in [0.05, 0.1) is 28.8 Å². The third kappa shape index (κ3) is 2.59. The van der Waals surface area contributed by atoms with Gasteiger partial charge in [-0.25, -0.2) is 4.39 Å². The summed E-state index contributed by atoms with van der Waals surface area (Å²) in [4.78, 5) is 0. The van der Waals surface area contributed by atoms with Crippen molar-refractivity contribution in [2.24, 2.45) is 5.73 Å². The number of hydrogen-bond donors (Lipinski definition) is 2. The molecule has 3 rings (SSSR count). The van der Waals surface area contributed by atoms with E-state index in [2.05, 4.69) is 32.5 Å². The van der Waals surface area contributed by atoms with Gasteiger partial charge >= 0.3 is 0 Å². The molecule has 0 aliphatic carbocycles. The highest BCUT2D eigenvalue weighted by molar-refractivity contribution is 9.10. The summed E-state index contributed by atoms with van der Waals surface area (Å²) in [7, 11) is 0. The molecule has 0 spiro atoms. The van der Waals surface area contributed by atoms with Crippen molar-refractivity contribution >= 4 is 21.8 Å². The van der Waals surface area contributed by atoms with Crippen LogP contribution in [0.1, 0.15) is 36.1 Å². The van der Waals surface area contributed by atoms with Crippen LogP contribution in [0.4, 0.5) is 10.3 Å². The Hall–Kier alpha value is -2.33. The first kappa shape index (κ1) is 15.6. The van der Waals surface area contributed by atoms with Crippen molar-refractivity contribution in [3.8, 4) is 6.07 Å². The van der Waals surface area contributed by atoms with Gasteiger partial charge in [-0.15, -0.1) is 0 Å². The minimum Gasteiger partial charge on any atom is -0.384 e. The number of aromatic nitrogens is 1. The molecule has 5 nitrogen and oxygen atoms in total. The fraction of sp³-hybridized carbons (Fsp3) is 0.250. The number of anilines is 1. The molecule has 0 unspecified atom stereocenters. The summed E-state index contributed by atoms with van der Waals surface area (Å²) >= 11 is 3.35. The SMILES string of the molecule is CCCc1noc2c1[C@@H](c1cc(Br)ccc1F)C(C#N)=C(N)N2. The molecule has 1 aliphatic rings. The summed E-state index contributed by atoms with van der Waals surface area (Å²) in [6, 6.07) is 6.72. The van der Waals surface area contributed by atoms with Crippen molar-refractivity contribution in [3.05, 3.63) is 56.7 Å². The number of nitriles is 1. The smallest absolute Gasteiger partial charge is 0.234 e. The molecule has 1 atom stereocenters. The van der Waals surface area contributed by atoms with Gasteiger partial charge in [0.2, 0.25) is 5.88 Å². The normalized spacial score (nSPS) is 16.7. The van der Waals surface area contributed by atoms with E-state index in [4.69, 9.17) is 10.3 Å². The average Bonchev–Trinajstić information content (AvgIpc) is 2.91. The zero-order valence-corrected chi connectivity index (χ0v) is 13.9. The number of hydrogen-bond acceptors (Lipinski definition) is 5. The third-order valence-electron chi connectivity index (χ3n) is 3.79. The molecule has 23 heavy (non-hydrogen) atoms. The molecule has 2 heterocycles. The molecule has 2 aromatic rings. The van der Waals surface area contributed by atoms with Crippen LogP contribution in [0.3, 0.4) is 0 Å². The maximum absolute atomic E-state index is 14.4. The molecule has 0 saturated heterocycles. The van der Waals surface area contributed by atoms with Crippen LogP contribution < -0.4 is 11.1 Å². The predicted molar refractivity (Wildman–Crippen MR) is 86.9 cm³/mol. The van der Waals surface area contributed by atoms with Gasteiger partial charge in [-0.2, -0.15) is 5.26 Å². The van der Waals surface area contributed by atoms with Crippen molar-refractivity contribution in [2.75, 3.05) is 5.32 Å². The second-order valence-corrected chi connectivity index (χ2v) is 6.20. The van der Waals surface area contributed by atoms with Crippen molar-refractivity contribution < 1.29 is 8.91 Å². The van der Waals surface area contributed by atoms with Gasteiger partial charge in [-0.1, -0.05) is 34.4 Å². The molecule has 1 aliphatic heterocycles. The highest BCUT2D eigenvalue weighted by atomic mass is 79.9. The molecule has 1 aromatic carbocycles. The van der Waals surface area contributed by atoms with Gasteiger partial charge in [0, 0.05) is 10.0 Å². The summed E-state index contributed by atoms with van der Waals surface area (Å²) in [5.41, 5.74) is 7.93. The van der Waals surface area contributed by atoms with Crippen molar-refractivity contribution in [2.45, 2.75) is 25.7 Å². The topological polar surface area (TPSA) is 87.9 Å². The van der Waals surface area contributed by atoms with E-state index >= 15 is 0 Å². The van der Waals surface area contributed by atoms with Gasteiger partial charge in [0.1, 0.15) is 11.6 Å². The maximum Gasteiger partial charge on any atom is 0.234 e. The minimum absolute atomic E-state index is 0.156. The van der Waals surface area contributed by atoms with Crippen molar-refractivity contribution in [3.63, 3.8) is 0 Å². The van der Waals surface area contributed by atoms with E-state index in [9.17, 15) is 9.65 Å². The fourth-order valence-electron chi connectivity index (χ4n) is 2.80. The molecule has 0 radical (unpaired) electrons. The number of benzene rings is 1. The van der Waals surface area contributed by atoms with Crippen LogP contribution in [0.5, 0.6) is 0 Å². The summed E-state index contributed by atoms with van der Waals surface area (Å²) in [6.45, 7) is 2.02. The second-order valence-electron chi connectivity index (χ2n) is 5.29. The molecule has 1 aromatic heterocycles. The predicted octanol–water partition coefficient (Wildman–Crippen LogP) is 3.78. The maximum atomic E-state index is 14.4. The molecular formula is C16H14BrFN4O. The summed E-state index contributed by atoms with van der Waals surface area (Å²) in [5, 5.41) is 16.4. The Labute approximate surface area is 141 Å². The van der Waals surface area contributed by atoms with Crippen LogP contribution in [-0.4, -0.2) is 5.16 Å². The van der Waals surface area contributed by atoms with E-state index in [-0.39, 0.29) is 11.4 Å². The van der Waals surface area contributed by atoms with Crippen LogP contribution in [0.25, 0.3) is 0 Å². The van der Waals surface area contributed by atoms with Crippen molar-refractivity contribution in [1.82, 2.24) is 5.16 Å². The number of nitrogens with one attached hydrogen (secondary N) is 1. The van der Waals surface area contributed by atoms with E-state index < -0.39 is 11.7 Å². The lowest BCUT2D eigenvalue weighted by molar-refractivity contribution is 0.424. The Kier molecular flexibility index (Phi) is 4.09. The lowest BCUT2D eigenvalue weighted by Gasteiger charge is -2.24. The van der Waals surface area contributed by atoms with Gasteiger partial charge in [0.15, 0.2) is 0 Å². The van der Waals surface area contributed by atoms with Crippen LogP contribution in [0.2, 0.25) is 0 Å². The second kappa shape index (κ2) is 6.05. The fourth-order valence-corrected chi connectivity index (χ4v) is 3.18. The van der Waals surface area contributed by atoms with Gasteiger partial charge in [-0.3, -0.25) is 0 Å². The highest BCUT2D eigenvalue weighted by Gasteiger charge is 2.36. The largest absolute Gasteiger partial charge is 0.384 e. The zero-order chi connectivity index (χ0) is 16.6. The van der Waals surface area contributed by atoms with E-state index in [0.717, 1.165) is 10.9 Å². The molecule has 7 heteroatoms. The van der Waals surface area contributed by atoms with Gasteiger partial charge in [0.25, 0.3) is 0 Å². The first-order valence-corrected chi connectivity index (χ1v) is 7.96. The molecule has 3 N–H and O–H groups in total. The first-order chi connectivity index (χ1) is 11.1. The Morgan fingerprint density at radius 1 is 1.52 bits per heavy atom. The van der Waals surface area contributed by atoms with E-state index in [1.807, 2.05) is 6.92 Å². The van der Waals surface area contributed by atoms with Crippen molar-refractivity contribution in [1.29, 1.82) is 5.26 Å². The van der Waals surface area contributed by atoms with Gasteiger partial charge in [-0.05, 0) is 24.6 Å². The summed E-state index contributed by atoms with van der Waals surface area (Å²) in [6.07, 6.45) is 1.53. The molecule has 0 amide bonds. The van der Waals surface area contributed by atoms with E-state index in [0.29, 0.717) is 29.1 Å². The Balaban J connectivity index is 2.26. The number of nitrogens with zero attached hydrogens (tertiary/aromatic N) is 2. The Morgan fingerprint density at radius 2 is 2.30 bits per heavy atom. The third-order valence-corrected chi connectivity index (χ3v) is 4.29. The number of halogens is 2. The Morgan fingerprint density at radius 3 is 3.00 bits per heavy atom.